The molecule has 6 heteroatoms. The van der Waals surface area contributed by atoms with Gasteiger partial charge in [0.05, 0.1) is 5.52 Å². The van der Waals surface area contributed by atoms with Crippen LogP contribution in [-0.2, 0) is 6.42 Å². The van der Waals surface area contributed by atoms with Gasteiger partial charge in [0, 0.05) is 47.7 Å². The summed E-state index contributed by atoms with van der Waals surface area (Å²) in [5, 5.41) is 6.26. The quantitative estimate of drug-likeness (QED) is 0.429. The number of amides is 2. The smallest absolute Gasteiger partial charge is 0.321 e. The van der Waals surface area contributed by atoms with Gasteiger partial charge in [-0.05, 0) is 47.7 Å². The van der Waals surface area contributed by atoms with E-state index >= 15 is 0 Å². The van der Waals surface area contributed by atoms with Crippen LogP contribution in [0.3, 0.4) is 0 Å². The molecule has 1 saturated heterocycles. The Labute approximate surface area is 192 Å². The summed E-state index contributed by atoms with van der Waals surface area (Å²) in [6.45, 7) is 5.00. The third kappa shape index (κ3) is 4.18. The van der Waals surface area contributed by atoms with Gasteiger partial charge in [0.25, 0.3) is 0 Å². The first-order chi connectivity index (χ1) is 15.7. The van der Waals surface area contributed by atoms with Gasteiger partial charge in [0.2, 0.25) is 0 Å². The Kier molecular flexibility index (Phi) is 5.77. The molecule has 0 saturated carbocycles. The molecule has 0 aliphatic carbocycles. The third-order valence-electron chi connectivity index (χ3n) is 6.00. The number of urea groups is 1. The Morgan fingerprint density at radius 2 is 1.78 bits per heavy atom. The molecule has 1 N–H and O–H groups in total. The van der Waals surface area contributed by atoms with Gasteiger partial charge in [0.15, 0.2) is 0 Å². The summed E-state index contributed by atoms with van der Waals surface area (Å²) in [4.78, 5) is 23.1. The van der Waals surface area contributed by atoms with E-state index in [1.165, 1.54) is 16.0 Å². The molecular formula is C26H26N4OS. The van der Waals surface area contributed by atoms with Crippen LogP contribution in [0.4, 0.5) is 16.3 Å². The number of thiophene rings is 1. The lowest BCUT2D eigenvalue weighted by atomic mass is 10.1. The van der Waals surface area contributed by atoms with Crippen molar-refractivity contribution >= 4 is 39.8 Å². The first-order valence-electron chi connectivity index (χ1n) is 11.0. The molecule has 0 bridgehead atoms. The van der Waals surface area contributed by atoms with Gasteiger partial charge in [-0.15, -0.1) is 11.3 Å². The number of anilines is 2. The second-order valence-electron chi connectivity index (χ2n) is 7.98. The van der Waals surface area contributed by atoms with Gasteiger partial charge in [-0.25, -0.2) is 9.78 Å². The number of fused-ring (bicyclic) bond motifs is 1. The SMILES string of the molecule is CCc1ccc(NC(=O)N2CCN(c3ccc4cccc(-c5cccs5)c4n3)CC2)cc1. The Morgan fingerprint density at radius 1 is 0.969 bits per heavy atom. The maximum atomic E-state index is 12.7. The summed E-state index contributed by atoms with van der Waals surface area (Å²) in [6.07, 6.45) is 0.994. The summed E-state index contributed by atoms with van der Waals surface area (Å²) < 4.78 is 0. The maximum Gasteiger partial charge on any atom is 0.321 e. The molecule has 0 atom stereocenters. The average molecular weight is 443 g/mol. The molecule has 32 heavy (non-hydrogen) atoms. The number of aryl methyl sites for hydroxylation is 1. The van der Waals surface area contributed by atoms with Crippen molar-refractivity contribution in [2.24, 2.45) is 0 Å². The summed E-state index contributed by atoms with van der Waals surface area (Å²) in [7, 11) is 0. The van der Waals surface area contributed by atoms with Gasteiger partial charge < -0.3 is 15.1 Å². The molecule has 5 nitrogen and oxygen atoms in total. The number of piperazine rings is 1. The molecule has 0 radical (unpaired) electrons. The monoisotopic (exact) mass is 442 g/mol. The van der Waals surface area contributed by atoms with Crippen LogP contribution in [0.25, 0.3) is 21.3 Å². The van der Waals surface area contributed by atoms with Crippen molar-refractivity contribution in [1.29, 1.82) is 0 Å². The molecule has 0 unspecified atom stereocenters. The van der Waals surface area contributed by atoms with Crippen LogP contribution < -0.4 is 10.2 Å². The van der Waals surface area contributed by atoms with Crippen molar-refractivity contribution in [3.05, 3.63) is 77.7 Å². The van der Waals surface area contributed by atoms with Gasteiger partial charge in [-0.1, -0.05) is 43.3 Å². The maximum absolute atomic E-state index is 12.7. The molecule has 1 aliphatic rings. The van der Waals surface area contributed by atoms with Crippen molar-refractivity contribution in [3.63, 3.8) is 0 Å². The Hall–Kier alpha value is -3.38. The highest BCUT2D eigenvalue weighted by Crippen LogP contribution is 2.32. The number of pyridine rings is 1. The highest BCUT2D eigenvalue weighted by atomic mass is 32.1. The minimum atomic E-state index is -0.0413. The summed E-state index contributed by atoms with van der Waals surface area (Å²) in [5.41, 5.74) is 4.31. The van der Waals surface area contributed by atoms with Crippen LogP contribution in [0, 0.1) is 0 Å². The molecule has 2 aromatic carbocycles. The van der Waals surface area contributed by atoms with Crippen LogP contribution in [-0.4, -0.2) is 42.1 Å². The number of nitrogens with zero attached hydrogens (tertiary/aromatic N) is 3. The number of benzene rings is 2. The predicted octanol–water partition coefficient (Wildman–Crippen LogP) is 5.88. The van der Waals surface area contributed by atoms with Crippen molar-refractivity contribution < 1.29 is 4.79 Å². The molecule has 4 aromatic rings. The number of aromatic nitrogens is 1. The molecule has 0 spiro atoms. The second-order valence-corrected chi connectivity index (χ2v) is 8.93. The molecular weight excluding hydrogens is 416 g/mol. The van der Waals surface area contributed by atoms with Gasteiger partial charge in [-0.3, -0.25) is 0 Å². The number of carbonyl (C=O) groups is 1. The number of hydrogen-bond acceptors (Lipinski definition) is 4. The lowest BCUT2D eigenvalue weighted by molar-refractivity contribution is 0.208. The Balaban J connectivity index is 1.27. The van der Waals surface area contributed by atoms with E-state index in [9.17, 15) is 4.79 Å². The van der Waals surface area contributed by atoms with E-state index in [0.717, 1.165) is 41.9 Å². The highest BCUT2D eigenvalue weighted by Gasteiger charge is 2.22. The van der Waals surface area contributed by atoms with E-state index in [1.807, 2.05) is 17.0 Å². The molecule has 5 rings (SSSR count). The normalized spacial score (nSPS) is 14.0. The van der Waals surface area contributed by atoms with E-state index in [4.69, 9.17) is 4.98 Å². The lowest BCUT2D eigenvalue weighted by Gasteiger charge is -2.35. The average Bonchev–Trinajstić information content (AvgIpc) is 3.39. The fraction of sp³-hybridized carbons (Fsp3) is 0.231. The Bertz CT molecular complexity index is 1210. The largest absolute Gasteiger partial charge is 0.353 e. The number of para-hydroxylation sites is 1. The standard InChI is InChI=1S/C26H26N4OS/c1-2-19-8-11-21(12-9-19)27-26(31)30-16-14-29(15-17-30)24-13-10-20-5-3-6-22(25(20)28-24)23-7-4-18-32-23/h3-13,18H,2,14-17H2,1H3,(H,27,31). The molecule has 1 aliphatic heterocycles. The van der Waals surface area contributed by atoms with Crippen molar-refractivity contribution in [2.45, 2.75) is 13.3 Å². The lowest BCUT2D eigenvalue weighted by Crippen LogP contribution is -2.50. The summed E-state index contributed by atoms with van der Waals surface area (Å²) in [5.74, 6) is 0.969. The van der Waals surface area contributed by atoms with Crippen molar-refractivity contribution in [2.75, 3.05) is 36.4 Å². The van der Waals surface area contributed by atoms with E-state index in [1.54, 1.807) is 11.3 Å². The van der Waals surface area contributed by atoms with Crippen LogP contribution in [0.1, 0.15) is 12.5 Å². The van der Waals surface area contributed by atoms with Crippen LogP contribution in [0.15, 0.2) is 72.1 Å². The molecule has 3 heterocycles. The molecule has 1 fully saturated rings. The molecule has 2 aromatic heterocycles. The summed E-state index contributed by atoms with van der Waals surface area (Å²) >= 11 is 1.73. The molecule has 2 amide bonds. The van der Waals surface area contributed by atoms with E-state index in [2.05, 4.69) is 77.1 Å². The van der Waals surface area contributed by atoms with Crippen LogP contribution in [0.2, 0.25) is 0 Å². The minimum absolute atomic E-state index is 0.0413. The number of carbonyl (C=O) groups excluding carboxylic acids is 1. The molecule has 162 valence electrons. The van der Waals surface area contributed by atoms with Gasteiger partial charge in [0.1, 0.15) is 5.82 Å². The van der Waals surface area contributed by atoms with Crippen LogP contribution >= 0.6 is 11.3 Å². The first kappa shape index (κ1) is 20.5. The topological polar surface area (TPSA) is 48.5 Å². The van der Waals surface area contributed by atoms with Crippen LogP contribution in [0.5, 0.6) is 0 Å². The third-order valence-corrected chi connectivity index (χ3v) is 6.90. The van der Waals surface area contributed by atoms with Gasteiger partial charge >= 0.3 is 6.03 Å². The Morgan fingerprint density at radius 3 is 2.50 bits per heavy atom. The number of nitrogens with one attached hydrogen (secondary N) is 1. The zero-order valence-electron chi connectivity index (χ0n) is 18.1. The first-order valence-corrected chi connectivity index (χ1v) is 11.9. The van der Waals surface area contributed by atoms with Gasteiger partial charge in [-0.2, -0.15) is 0 Å². The van der Waals surface area contributed by atoms with Crippen molar-refractivity contribution in [1.82, 2.24) is 9.88 Å². The summed E-state index contributed by atoms with van der Waals surface area (Å²) in [6, 6.07) is 22.8. The van der Waals surface area contributed by atoms with Crippen molar-refractivity contribution in [3.8, 4) is 10.4 Å². The number of rotatable bonds is 4. The van der Waals surface area contributed by atoms with E-state index in [0.29, 0.717) is 13.1 Å². The predicted molar refractivity (Wildman–Crippen MR) is 134 cm³/mol. The fourth-order valence-corrected chi connectivity index (χ4v) is 4.86. The zero-order valence-corrected chi connectivity index (χ0v) is 18.9. The van der Waals surface area contributed by atoms with E-state index < -0.39 is 0 Å². The fourth-order valence-electron chi connectivity index (χ4n) is 4.11. The minimum Gasteiger partial charge on any atom is -0.353 e. The zero-order chi connectivity index (χ0) is 21.9. The second kappa shape index (κ2) is 9.01. The number of hydrogen-bond donors (Lipinski definition) is 1. The van der Waals surface area contributed by atoms with E-state index in [-0.39, 0.29) is 6.03 Å². The highest BCUT2D eigenvalue weighted by molar-refractivity contribution is 7.13.